The van der Waals surface area contributed by atoms with Crippen molar-refractivity contribution in [2.24, 2.45) is 0 Å². The minimum Gasteiger partial charge on any atom is -0.394 e. The van der Waals surface area contributed by atoms with E-state index in [2.05, 4.69) is 10.6 Å². The number of carbonyl (C=O) groups is 1. The number of benzene rings is 1. The quantitative estimate of drug-likeness (QED) is 0.775. The molecule has 0 saturated carbocycles. The van der Waals surface area contributed by atoms with Crippen LogP contribution in [0.5, 0.6) is 0 Å². The van der Waals surface area contributed by atoms with Crippen molar-refractivity contribution in [2.75, 3.05) is 13.2 Å². The fraction of sp³-hybridized carbons (Fsp3) is 0.533. The highest BCUT2D eigenvalue weighted by Gasteiger charge is 2.29. The number of rotatable bonds is 5. The van der Waals surface area contributed by atoms with Crippen molar-refractivity contribution in [1.29, 1.82) is 0 Å². The van der Waals surface area contributed by atoms with Gasteiger partial charge in [0.2, 0.25) is 0 Å². The molecule has 21 heavy (non-hydrogen) atoms. The molecule has 0 aromatic heterocycles. The van der Waals surface area contributed by atoms with E-state index in [1.807, 2.05) is 0 Å². The molecule has 0 spiro atoms. The molecular formula is C15H21FN2O3. The normalized spacial score (nSPS) is 20.8. The molecule has 1 saturated heterocycles. The largest absolute Gasteiger partial charge is 0.394 e. The highest BCUT2D eigenvalue weighted by atomic mass is 19.1. The fourth-order valence-corrected chi connectivity index (χ4v) is 2.38. The zero-order valence-electron chi connectivity index (χ0n) is 12.0. The van der Waals surface area contributed by atoms with E-state index in [1.54, 1.807) is 19.1 Å². The predicted octanol–water partition coefficient (Wildman–Crippen LogP) is 1.73. The predicted molar refractivity (Wildman–Crippen MR) is 76.3 cm³/mol. The maximum absolute atomic E-state index is 13.0. The molecule has 1 fully saturated rings. The van der Waals surface area contributed by atoms with Gasteiger partial charge in [-0.05, 0) is 37.5 Å². The molecule has 5 nitrogen and oxygen atoms in total. The lowest BCUT2D eigenvalue weighted by atomic mass is 9.99. The topological polar surface area (TPSA) is 70.6 Å². The molecule has 0 bridgehead atoms. The van der Waals surface area contributed by atoms with Crippen LogP contribution >= 0.6 is 0 Å². The SMILES string of the molecule is C[C@H](CO)NC(=O)N[C@H](c1ccc(F)cc1)[C@@H]1CCCO1. The first-order chi connectivity index (χ1) is 10.1. The van der Waals surface area contributed by atoms with Gasteiger partial charge in [-0.3, -0.25) is 0 Å². The van der Waals surface area contributed by atoms with Crippen LogP contribution < -0.4 is 10.6 Å². The van der Waals surface area contributed by atoms with Crippen LogP contribution in [0.4, 0.5) is 9.18 Å². The molecule has 116 valence electrons. The Hall–Kier alpha value is -1.66. The van der Waals surface area contributed by atoms with Crippen molar-refractivity contribution in [3.05, 3.63) is 35.6 Å². The van der Waals surface area contributed by atoms with E-state index in [1.165, 1.54) is 12.1 Å². The first kappa shape index (κ1) is 15.7. The van der Waals surface area contributed by atoms with Crippen LogP contribution in [0.15, 0.2) is 24.3 Å². The third-order valence-corrected chi connectivity index (χ3v) is 3.50. The summed E-state index contributed by atoms with van der Waals surface area (Å²) in [6, 6.07) is 5.00. The summed E-state index contributed by atoms with van der Waals surface area (Å²) in [5.74, 6) is -0.316. The molecule has 1 aromatic rings. The monoisotopic (exact) mass is 296 g/mol. The van der Waals surface area contributed by atoms with Crippen molar-refractivity contribution in [3.8, 4) is 0 Å². The van der Waals surface area contributed by atoms with E-state index in [0.717, 1.165) is 18.4 Å². The first-order valence-corrected chi connectivity index (χ1v) is 7.15. The molecule has 1 aromatic carbocycles. The van der Waals surface area contributed by atoms with E-state index in [4.69, 9.17) is 9.84 Å². The summed E-state index contributed by atoms with van der Waals surface area (Å²) in [6.45, 7) is 2.24. The van der Waals surface area contributed by atoms with Gasteiger partial charge in [-0.15, -0.1) is 0 Å². The maximum Gasteiger partial charge on any atom is 0.315 e. The lowest BCUT2D eigenvalue weighted by Crippen LogP contribution is -2.46. The Balaban J connectivity index is 2.08. The second kappa shape index (κ2) is 7.38. The standard InChI is InChI=1S/C15H21FN2O3/c1-10(9-19)17-15(20)18-14(13-3-2-8-21-13)11-4-6-12(16)7-5-11/h4-7,10,13-14,19H,2-3,8-9H2,1H3,(H2,17,18,20)/t10-,13+,14-/m1/s1. The molecule has 1 heterocycles. The van der Waals surface area contributed by atoms with Gasteiger partial charge in [0.1, 0.15) is 5.82 Å². The molecule has 6 heteroatoms. The second-order valence-corrected chi connectivity index (χ2v) is 5.28. The maximum atomic E-state index is 13.0. The van der Waals surface area contributed by atoms with Gasteiger partial charge in [0.15, 0.2) is 0 Å². The average Bonchev–Trinajstić information content (AvgIpc) is 2.99. The number of hydrogen-bond acceptors (Lipinski definition) is 3. The molecule has 0 aliphatic carbocycles. The smallest absolute Gasteiger partial charge is 0.315 e. The summed E-state index contributed by atoms with van der Waals surface area (Å²) >= 11 is 0. The Morgan fingerprint density at radius 3 is 2.71 bits per heavy atom. The fourth-order valence-electron chi connectivity index (χ4n) is 2.38. The van der Waals surface area contributed by atoms with Gasteiger partial charge in [0, 0.05) is 6.61 Å². The zero-order valence-corrected chi connectivity index (χ0v) is 12.0. The van der Waals surface area contributed by atoms with Gasteiger partial charge in [0.05, 0.1) is 24.8 Å². The van der Waals surface area contributed by atoms with E-state index in [9.17, 15) is 9.18 Å². The molecular weight excluding hydrogens is 275 g/mol. The summed E-state index contributed by atoms with van der Waals surface area (Å²) in [5, 5.41) is 14.5. The number of urea groups is 1. The van der Waals surface area contributed by atoms with Crippen LogP contribution in [0.3, 0.4) is 0 Å². The van der Waals surface area contributed by atoms with Crippen molar-refractivity contribution in [2.45, 2.75) is 38.0 Å². The molecule has 2 amide bonds. The number of aliphatic hydroxyl groups is 1. The van der Waals surface area contributed by atoms with Crippen LogP contribution in [0, 0.1) is 5.82 Å². The van der Waals surface area contributed by atoms with E-state index >= 15 is 0 Å². The van der Waals surface area contributed by atoms with Crippen molar-refractivity contribution < 1.29 is 19.0 Å². The molecule has 0 unspecified atom stereocenters. The molecule has 3 N–H and O–H groups in total. The second-order valence-electron chi connectivity index (χ2n) is 5.28. The minimum absolute atomic E-state index is 0.120. The van der Waals surface area contributed by atoms with Crippen LogP contribution in [0.2, 0.25) is 0 Å². The Kier molecular flexibility index (Phi) is 5.52. The van der Waals surface area contributed by atoms with Gasteiger partial charge < -0.3 is 20.5 Å². The molecule has 1 aliphatic heterocycles. The highest BCUT2D eigenvalue weighted by molar-refractivity contribution is 5.74. The average molecular weight is 296 g/mol. The van der Waals surface area contributed by atoms with Crippen LogP contribution in [0.1, 0.15) is 31.4 Å². The molecule has 1 aliphatic rings. The first-order valence-electron chi connectivity index (χ1n) is 7.15. The summed E-state index contributed by atoms with van der Waals surface area (Å²) in [4.78, 5) is 12.0. The summed E-state index contributed by atoms with van der Waals surface area (Å²) in [7, 11) is 0. The van der Waals surface area contributed by atoms with E-state index in [0.29, 0.717) is 6.61 Å². The van der Waals surface area contributed by atoms with Crippen LogP contribution in [-0.2, 0) is 4.74 Å². The number of ether oxygens (including phenoxy) is 1. The van der Waals surface area contributed by atoms with Crippen molar-refractivity contribution in [1.82, 2.24) is 10.6 Å². The number of amides is 2. The van der Waals surface area contributed by atoms with E-state index < -0.39 is 0 Å². The highest BCUT2D eigenvalue weighted by Crippen LogP contribution is 2.27. The molecule has 3 atom stereocenters. The lowest BCUT2D eigenvalue weighted by Gasteiger charge is -2.25. The minimum atomic E-state index is -0.374. The third kappa shape index (κ3) is 4.41. The number of hydrogen-bond donors (Lipinski definition) is 3. The Bertz CT molecular complexity index is 460. The third-order valence-electron chi connectivity index (χ3n) is 3.50. The van der Waals surface area contributed by atoms with Crippen LogP contribution in [-0.4, -0.2) is 36.5 Å². The number of nitrogens with one attached hydrogen (secondary N) is 2. The van der Waals surface area contributed by atoms with E-state index in [-0.39, 0.29) is 36.6 Å². The summed E-state index contributed by atoms with van der Waals surface area (Å²) in [5.41, 5.74) is 0.801. The number of aliphatic hydroxyl groups excluding tert-OH is 1. The van der Waals surface area contributed by atoms with Gasteiger partial charge in [0.25, 0.3) is 0 Å². The summed E-state index contributed by atoms with van der Waals surface area (Å²) < 4.78 is 18.7. The number of halogens is 1. The molecule has 2 rings (SSSR count). The van der Waals surface area contributed by atoms with Gasteiger partial charge >= 0.3 is 6.03 Å². The van der Waals surface area contributed by atoms with Crippen LogP contribution in [0.25, 0.3) is 0 Å². The van der Waals surface area contributed by atoms with Gasteiger partial charge in [-0.25, -0.2) is 9.18 Å². The summed E-state index contributed by atoms with van der Waals surface area (Å²) in [6.07, 6.45) is 1.67. The molecule has 0 radical (unpaired) electrons. The van der Waals surface area contributed by atoms with Gasteiger partial charge in [-0.2, -0.15) is 0 Å². The zero-order chi connectivity index (χ0) is 15.2. The number of carbonyl (C=O) groups excluding carboxylic acids is 1. The Morgan fingerprint density at radius 2 is 2.14 bits per heavy atom. The lowest BCUT2D eigenvalue weighted by molar-refractivity contribution is 0.0804. The van der Waals surface area contributed by atoms with Crippen molar-refractivity contribution >= 4 is 6.03 Å². The van der Waals surface area contributed by atoms with Crippen molar-refractivity contribution in [3.63, 3.8) is 0 Å². The Labute approximate surface area is 123 Å². The Morgan fingerprint density at radius 1 is 1.43 bits per heavy atom. The van der Waals surface area contributed by atoms with Gasteiger partial charge in [-0.1, -0.05) is 12.1 Å².